The van der Waals surface area contributed by atoms with Crippen LogP contribution in [-0.4, -0.2) is 27.9 Å². The first-order chi connectivity index (χ1) is 2.77. The Morgan fingerprint density at radius 2 is 2.17 bits per heavy atom. The summed E-state index contributed by atoms with van der Waals surface area (Å²) < 4.78 is 0. The molecule has 0 saturated heterocycles. The van der Waals surface area contributed by atoms with Gasteiger partial charge in [-0.05, 0) is 0 Å². The van der Waals surface area contributed by atoms with Crippen molar-refractivity contribution in [1.29, 1.82) is 0 Å². The van der Waals surface area contributed by atoms with Crippen LogP contribution in [-0.2, 0) is 0 Å². The zero-order valence-corrected chi connectivity index (χ0v) is 8.34. The Bertz CT molecular complexity index is 30.0. The molecule has 0 aromatic carbocycles. The van der Waals surface area contributed by atoms with E-state index in [9.17, 15) is 0 Å². The van der Waals surface area contributed by atoms with Gasteiger partial charge in [0.05, 0.1) is 0 Å². The van der Waals surface area contributed by atoms with Crippen LogP contribution >= 0.6 is 0 Å². The summed E-state index contributed by atoms with van der Waals surface area (Å²) in [5.41, 5.74) is 10.6. The van der Waals surface area contributed by atoms with Crippen LogP contribution in [0.1, 0.15) is 6.42 Å². The quantitative estimate of drug-likeness (QED) is 0.445. The number of hydrogen-bond donors (Lipinski definition) is 2. The molecule has 0 spiro atoms. The molecule has 0 heterocycles. The van der Waals surface area contributed by atoms with Gasteiger partial charge in [0.25, 0.3) is 0 Å². The Kier molecular flexibility index (Phi) is 3.93. The summed E-state index contributed by atoms with van der Waals surface area (Å²) in [4.78, 5) is 0.461. The Morgan fingerprint density at radius 1 is 1.67 bits per heavy atom. The zero-order chi connectivity index (χ0) is 4.99. The van der Waals surface area contributed by atoms with E-state index >= 15 is 0 Å². The molecule has 0 aliphatic rings. The fourth-order valence-electron chi connectivity index (χ4n) is 0.263. The standard InChI is InChI=1S/C3H12GeN2/c4-3(6)1-2-5/h3H,1-2,5-6H2,4H3. The monoisotopic (exact) mass is 150 g/mol. The molecule has 0 fully saturated rings. The van der Waals surface area contributed by atoms with E-state index in [4.69, 9.17) is 11.5 Å². The third kappa shape index (κ3) is 4.46. The van der Waals surface area contributed by atoms with Crippen LogP contribution in [0.25, 0.3) is 0 Å². The van der Waals surface area contributed by atoms with Gasteiger partial charge in [0, 0.05) is 0 Å². The SMILES string of the molecule is NCC[CH](N)[GeH3]. The first-order valence-electron chi connectivity index (χ1n) is 2.23. The number of rotatable bonds is 2. The predicted octanol–water partition coefficient (Wildman–Crippen LogP) is -2.01. The molecular formula is C3H12GeN2. The van der Waals surface area contributed by atoms with Crippen LogP contribution < -0.4 is 11.5 Å². The molecule has 2 nitrogen and oxygen atoms in total. The number of nitrogens with two attached hydrogens (primary N) is 2. The third-order valence-electron chi connectivity index (χ3n) is 0.622. The van der Waals surface area contributed by atoms with Gasteiger partial charge >= 0.3 is 45.8 Å². The van der Waals surface area contributed by atoms with Gasteiger partial charge in [-0.2, -0.15) is 0 Å². The Balaban J connectivity index is 2.63. The van der Waals surface area contributed by atoms with Crippen LogP contribution in [0.15, 0.2) is 0 Å². The third-order valence-corrected chi connectivity index (χ3v) is 1.83. The summed E-state index contributed by atoms with van der Waals surface area (Å²) in [6.45, 7) is 0.753. The zero-order valence-electron chi connectivity index (χ0n) is 4.15. The molecule has 0 aliphatic carbocycles. The normalized spacial score (nSPS) is 15.0. The maximum atomic E-state index is 5.41. The van der Waals surface area contributed by atoms with Crippen molar-refractivity contribution in [3.05, 3.63) is 0 Å². The van der Waals surface area contributed by atoms with E-state index in [1.807, 2.05) is 0 Å². The number of hydrogen-bond acceptors (Lipinski definition) is 2. The molecule has 6 heavy (non-hydrogen) atoms. The summed E-state index contributed by atoms with van der Waals surface area (Å²) in [5.74, 6) is 0. The van der Waals surface area contributed by atoms with E-state index < -0.39 is 0 Å². The van der Waals surface area contributed by atoms with E-state index in [2.05, 4.69) is 0 Å². The predicted molar refractivity (Wildman–Crippen MR) is 31.6 cm³/mol. The van der Waals surface area contributed by atoms with Crippen molar-refractivity contribution in [3.8, 4) is 0 Å². The average Bonchev–Trinajstić information content (AvgIpc) is 1.35. The maximum absolute atomic E-state index is 5.41. The van der Waals surface area contributed by atoms with Gasteiger partial charge in [0.15, 0.2) is 0 Å². The second-order valence-electron chi connectivity index (χ2n) is 1.55. The van der Waals surface area contributed by atoms with Crippen molar-refractivity contribution in [2.45, 2.75) is 11.3 Å². The van der Waals surface area contributed by atoms with Crippen LogP contribution in [0.2, 0.25) is 0 Å². The minimum atomic E-state index is 0.461. The van der Waals surface area contributed by atoms with E-state index in [-0.39, 0.29) is 0 Å². The summed E-state index contributed by atoms with van der Waals surface area (Å²) in [7, 11) is 0. The van der Waals surface area contributed by atoms with Gasteiger partial charge < -0.3 is 0 Å². The molecule has 0 aromatic rings. The van der Waals surface area contributed by atoms with Crippen molar-refractivity contribution in [3.63, 3.8) is 0 Å². The topological polar surface area (TPSA) is 52.0 Å². The van der Waals surface area contributed by atoms with E-state index in [1.165, 1.54) is 0 Å². The van der Waals surface area contributed by atoms with Crippen molar-refractivity contribution in [1.82, 2.24) is 0 Å². The molecule has 1 unspecified atom stereocenters. The van der Waals surface area contributed by atoms with E-state index in [0.29, 0.717) is 4.87 Å². The van der Waals surface area contributed by atoms with Gasteiger partial charge in [-0.3, -0.25) is 0 Å². The van der Waals surface area contributed by atoms with E-state index in [0.717, 1.165) is 29.5 Å². The fraction of sp³-hybridized carbons (Fsp3) is 1.00. The Labute approximate surface area is 46.5 Å². The average molecular weight is 149 g/mol. The molecule has 0 aromatic heterocycles. The molecule has 1 atom stereocenters. The van der Waals surface area contributed by atoms with Gasteiger partial charge in [0.2, 0.25) is 0 Å². The Morgan fingerprint density at radius 3 is 2.17 bits per heavy atom. The molecule has 0 aliphatic heterocycles. The molecule has 38 valence electrons. The van der Waals surface area contributed by atoms with Crippen molar-refractivity contribution in [2.24, 2.45) is 11.5 Å². The minimum absolute atomic E-state index is 0.461. The molecule has 4 N–H and O–H groups in total. The first-order valence-corrected chi connectivity index (χ1v) is 4.65. The molecule has 0 radical (unpaired) electrons. The summed E-state index contributed by atoms with van der Waals surface area (Å²) in [6, 6.07) is 0. The van der Waals surface area contributed by atoms with Crippen molar-refractivity contribution >= 4 is 16.5 Å². The second-order valence-corrected chi connectivity index (χ2v) is 4.67. The van der Waals surface area contributed by atoms with Crippen molar-refractivity contribution in [2.75, 3.05) is 6.54 Å². The molecule has 3 heteroatoms. The van der Waals surface area contributed by atoms with Gasteiger partial charge in [0.1, 0.15) is 0 Å². The first kappa shape index (κ1) is 6.46. The van der Waals surface area contributed by atoms with Crippen LogP contribution in [0.4, 0.5) is 0 Å². The molecule has 0 bridgehead atoms. The Hall–Kier alpha value is 0.463. The van der Waals surface area contributed by atoms with Crippen molar-refractivity contribution < 1.29 is 0 Å². The van der Waals surface area contributed by atoms with Crippen LogP contribution in [0.5, 0.6) is 0 Å². The van der Waals surface area contributed by atoms with Gasteiger partial charge in [-0.15, -0.1) is 0 Å². The van der Waals surface area contributed by atoms with Gasteiger partial charge in [-0.1, -0.05) is 0 Å². The van der Waals surface area contributed by atoms with E-state index in [1.54, 1.807) is 0 Å². The molecule has 0 rings (SSSR count). The van der Waals surface area contributed by atoms with Crippen LogP contribution in [0.3, 0.4) is 0 Å². The summed E-state index contributed by atoms with van der Waals surface area (Å²) in [6.07, 6.45) is 1.01. The fourth-order valence-corrected chi connectivity index (χ4v) is 0.962. The summed E-state index contributed by atoms with van der Waals surface area (Å²) in [5, 5.41) is 0. The molecule has 0 saturated carbocycles. The summed E-state index contributed by atoms with van der Waals surface area (Å²) >= 11 is 0.770. The molecule has 0 amide bonds. The van der Waals surface area contributed by atoms with Gasteiger partial charge in [-0.25, -0.2) is 0 Å². The van der Waals surface area contributed by atoms with Crippen LogP contribution in [0, 0.1) is 0 Å². The second kappa shape index (κ2) is 3.65. The molecular weight excluding hydrogens is 137 g/mol.